The van der Waals surface area contributed by atoms with Crippen LogP contribution in [-0.2, 0) is 12.8 Å². The summed E-state index contributed by atoms with van der Waals surface area (Å²) in [5.74, 6) is 0. The van der Waals surface area contributed by atoms with Gasteiger partial charge < -0.3 is 0 Å². The highest BCUT2D eigenvalue weighted by Gasteiger charge is 2.20. The van der Waals surface area contributed by atoms with Crippen LogP contribution >= 0.6 is 50.2 Å². The zero-order chi connectivity index (χ0) is 11.1. The number of fused-ring (bicyclic) bond motifs is 1. The van der Waals surface area contributed by atoms with Gasteiger partial charge in [0.2, 0.25) is 0 Å². The van der Waals surface area contributed by atoms with Gasteiger partial charge in [-0.3, -0.25) is 0 Å². The zero-order valence-corrected chi connectivity index (χ0v) is 12.5. The molecule has 0 fully saturated rings. The van der Waals surface area contributed by atoms with Crippen LogP contribution in [-0.4, -0.2) is 0 Å². The number of aryl methyl sites for hydroxylation is 2. The van der Waals surface area contributed by atoms with E-state index in [0.717, 1.165) is 4.34 Å². The van der Waals surface area contributed by atoms with Crippen molar-refractivity contribution in [2.75, 3.05) is 0 Å². The van der Waals surface area contributed by atoms with E-state index in [1.807, 2.05) is 17.4 Å². The van der Waals surface area contributed by atoms with Gasteiger partial charge in [-0.05, 0) is 43.0 Å². The molecule has 0 bridgehead atoms. The minimum absolute atomic E-state index is 0.320. The fourth-order valence-corrected chi connectivity index (χ4v) is 5.31. The molecule has 2 aromatic rings. The Morgan fingerprint density at radius 1 is 1.19 bits per heavy atom. The molecule has 3 rings (SSSR count). The average Bonchev–Trinajstić information content (AvgIpc) is 2.89. The van der Waals surface area contributed by atoms with E-state index < -0.39 is 0 Å². The molecular weight excluding hydrogens is 324 g/mol. The molecule has 2 aromatic heterocycles. The van der Waals surface area contributed by atoms with Gasteiger partial charge in [0, 0.05) is 14.6 Å². The first-order chi connectivity index (χ1) is 7.74. The van der Waals surface area contributed by atoms with Gasteiger partial charge in [-0.2, -0.15) is 0 Å². The molecular formula is C12H10BrClS2. The standard InChI is InChI=1S/C12H10BrClS2/c13-12(9-4-5-11(14)16-9)10-6-7-2-1-3-8(7)15-10/h4-6,12H,1-3H2. The monoisotopic (exact) mass is 332 g/mol. The Bertz CT molecular complexity index is 493. The van der Waals surface area contributed by atoms with Crippen molar-refractivity contribution in [3.63, 3.8) is 0 Å². The summed E-state index contributed by atoms with van der Waals surface area (Å²) in [7, 11) is 0. The molecule has 0 N–H and O–H groups in total. The number of rotatable bonds is 2. The van der Waals surface area contributed by atoms with Crippen molar-refractivity contribution in [2.24, 2.45) is 0 Å². The Kier molecular flexibility index (Phi) is 3.13. The van der Waals surface area contributed by atoms with Crippen molar-refractivity contribution in [3.05, 3.63) is 42.7 Å². The highest BCUT2D eigenvalue weighted by atomic mass is 79.9. The molecule has 0 aromatic carbocycles. The molecule has 1 aliphatic rings. The molecule has 0 radical (unpaired) electrons. The highest BCUT2D eigenvalue weighted by molar-refractivity contribution is 9.09. The van der Waals surface area contributed by atoms with E-state index in [9.17, 15) is 0 Å². The molecule has 1 unspecified atom stereocenters. The zero-order valence-electron chi connectivity index (χ0n) is 8.50. The van der Waals surface area contributed by atoms with Crippen molar-refractivity contribution in [1.82, 2.24) is 0 Å². The third-order valence-electron chi connectivity index (χ3n) is 2.86. The van der Waals surface area contributed by atoms with Crippen LogP contribution < -0.4 is 0 Å². The molecule has 0 aliphatic heterocycles. The van der Waals surface area contributed by atoms with Crippen LogP contribution in [0.25, 0.3) is 0 Å². The third-order valence-corrected chi connectivity index (χ3v) is 7.05. The number of hydrogen-bond acceptors (Lipinski definition) is 2. The van der Waals surface area contributed by atoms with Crippen LogP contribution in [0.1, 0.15) is 31.4 Å². The molecule has 4 heteroatoms. The van der Waals surface area contributed by atoms with Gasteiger partial charge in [-0.1, -0.05) is 27.5 Å². The maximum absolute atomic E-state index is 5.97. The predicted molar refractivity (Wildman–Crippen MR) is 76.4 cm³/mol. The first-order valence-corrected chi connectivity index (χ1v) is 8.17. The largest absolute Gasteiger partial charge is 0.144 e. The lowest BCUT2D eigenvalue weighted by atomic mass is 10.2. The number of halogens is 2. The fourth-order valence-electron chi connectivity index (χ4n) is 2.08. The van der Waals surface area contributed by atoms with Gasteiger partial charge in [0.05, 0.1) is 9.16 Å². The number of thiophene rings is 2. The molecule has 0 nitrogen and oxygen atoms in total. The molecule has 1 atom stereocenters. The van der Waals surface area contributed by atoms with Crippen molar-refractivity contribution in [3.8, 4) is 0 Å². The third kappa shape index (κ3) is 1.99. The van der Waals surface area contributed by atoms with E-state index in [0.29, 0.717) is 4.83 Å². The summed E-state index contributed by atoms with van der Waals surface area (Å²) in [4.78, 5) is 4.62. The topological polar surface area (TPSA) is 0 Å². The van der Waals surface area contributed by atoms with Gasteiger partial charge in [0.15, 0.2) is 0 Å². The minimum Gasteiger partial charge on any atom is -0.144 e. The maximum atomic E-state index is 5.97. The molecule has 2 heterocycles. The van der Waals surface area contributed by atoms with Crippen LogP contribution in [0.15, 0.2) is 18.2 Å². The highest BCUT2D eigenvalue weighted by Crippen LogP contribution is 2.42. The van der Waals surface area contributed by atoms with E-state index in [-0.39, 0.29) is 0 Å². The van der Waals surface area contributed by atoms with Crippen LogP contribution in [0.4, 0.5) is 0 Å². The van der Waals surface area contributed by atoms with Crippen LogP contribution in [0.2, 0.25) is 4.34 Å². The van der Waals surface area contributed by atoms with E-state index >= 15 is 0 Å². The molecule has 1 aliphatic carbocycles. The summed E-state index contributed by atoms with van der Waals surface area (Å²) >= 11 is 13.3. The lowest BCUT2D eigenvalue weighted by molar-refractivity contribution is 0.913. The van der Waals surface area contributed by atoms with Gasteiger partial charge in [-0.15, -0.1) is 22.7 Å². The first-order valence-electron chi connectivity index (χ1n) is 5.25. The van der Waals surface area contributed by atoms with Crippen molar-refractivity contribution >= 4 is 50.2 Å². The first kappa shape index (κ1) is 11.3. The summed E-state index contributed by atoms with van der Waals surface area (Å²) < 4.78 is 0.864. The van der Waals surface area contributed by atoms with Gasteiger partial charge >= 0.3 is 0 Å². The Labute approximate surface area is 116 Å². The van der Waals surface area contributed by atoms with E-state index in [1.165, 1.54) is 29.0 Å². The van der Waals surface area contributed by atoms with Crippen molar-refractivity contribution < 1.29 is 0 Å². The second-order valence-electron chi connectivity index (χ2n) is 3.96. The van der Waals surface area contributed by atoms with E-state index in [1.54, 1.807) is 21.8 Å². The van der Waals surface area contributed by atoms with Gasteiger partial charge in [0.25, 0.3) is 0 Å². The van der Waals surface area contributed by atoms with Crippen molar-refractivity contribution in [1.29, 1.82) is 0 Å². The molecule has 16 heavy (non-hydrogen) atoms. The summed E-state index contributed by atoms with van der Waals surface area (Å²) in [5.41, 5.74) is 1.56. The Morgan fingerprint density at radius 3 is 2.75 bits per heavy atom. The fraction of sp³-hybridized carbons (Fsp3) is 0.333. The molecule has 0 saturated heterocycles. The Balaban J connectivity index is 1.91. The molecule has 0 amide bonds. The smallest absolute Gasteiger partial charge is 0.0931 e. The Morgan fingerprint density at radius 2 is 2.06 bits per heavy atom. The number of alkyl halides is 1. The molecule has 0 spiro atoms. The summed E-state index contributed by atoms with van der Waals surface area (Å²) in [5, 5.41) is 0. The van der Waals surface area contributed by atoms with Crippen LogP contribution in [0.3, 0.4) is 0 Å². The van der Waals surface area contributed by atoms with E-state index in [2.05, 4.69) is 28.1 Å². The Hall–Kier alpha value is 0.170. The number of hydrogen-bond donors (Lipinski definition) is 0. The average molecular weight is 334 g/mol. The predicted octanol–water partition coefficient (Wildman–Crippen LogP) is 5.44. The summed E-state index contributed by atoms with van der Waals surface area (Å²) in [6, 6.07) is 6.44. The van der Waals surface area contributed by atoms with Crippen LogP contribution in [0.5, 0.6) is 0 Å². The lowest BCUT2D eigenvalue weighted by Gasteiger charge is -2.03. The van der Waals surface area contributed by atoms with Crippen molar-refractivity contribution in [2.45, 2.75) is 24.1 Å². The SMILES string of the molecule is Clc1ccc(C(Br)c2cc3c(s2)CCC3)s1. The summed E-state index contributed by atoms with van der Waals surface area (Å²) in [6.45, 7) is 0. The van der Waals surface area contributed by atoms with E-state index in [4.69, 9.17) is 11.6 Å². The van der Waals surface area contributed by atoms with Gasteiger partial charge in [0.1, 0.15) is 0 Å². The molecule has 84 valence electrons. The second kappa shape index (κ2) is 4.45. The van der Waals surface area contributed by atoms with Gasteiger partial charge in [-0.25, -0.2) is 0 Å². The second-order valence-corrected chi connectivity index (χ2v) is 7.79. The van der Waals surface area contributed by atoms with Crippen LogP contribution in [0, 0.1) is 0 Å². The normalized spacial score (nSPS) is 16.4. The minimum atomic E-state index is 0.320. The molecule has 0 saturated carbocycles. The summed E-state index contributed by atoms with van der Waals surface area (Å²) in [6.07, 6.45) is 3.86. The maximum Gasteiger partial charge on any atom is 0.0931 e. The quantitative estimate of drug-likeness (QED) is 0.642. The lowest BCUT2D eigenvalue weighted by Crippen LogP contribution is -1.84.